The van der Waals surface area contributed by atoms with E-state index in [4.69, 9.17) is 10.5 Å². The normalized spacial score (nSPS) is 11.8. The molecule has 0 unspecified atom stereocenters. The van der Waals surface area contributed by atoms with Crippen molar-refractivity contribution in [3.8, 4) is 5.88 Å². The number of hydrogen-bond donors (Lipinski definition) is 1. The van der Waals surface area contributed by atoms with Gasteiger partial charge in [0, 0.05) is 7.05 Å². The molecule has 0 aliphatic heterocycles. The number of imidazole rings is 1. The summed E-state index contributed by atoms with van der Waals surface area (Å²) in [6, 6.07) is 9.14. The second-order valence-electron chi connectivity index (χ2n) is 4.83. The van der Waals surface area contributed by atoms with E-state index < -0.39 is 12.0 Å². The molecule has 9 heteroatoms. The fourth-order valence-corrected chi connectivity index (χ4v) is 2.13. The first-order valence-electron chi connectivity index (χ1n) is 6.60. The summed E-state index contributed by atoms with van der Waals surface area (Å²) in [6.45, 7) is 0.129. The van der Waals surface area contributed by atoms with Gasteiger partial charge in [0.25, 0.3) is 0 Å². The number of aromatic nitrogens is 4. The second-order valence-corrected chi connectivity index (χ2v) is 4.83. The summed E-state index contributed by atoms with van der Waals surface area (Å²) in [5.41, 5.74) is 6.28. The lowest BCUT2D eigenvalue weighted by Crippen LogP contribution is -2.12. The molecule has 0 atom stereocenters. The van der Waals surface area contributed by atoms with Crippen LogP contribution >= 0.6 is 0 Å². The number of fused-ring (bicyclic) bond motifs is 1. The summed E-state index contributed by atoms with van der Waals surface area (Å²) >= 11 is 0. The van der Waals surface area contributed by atoms with Gasteiger partial charge in [-0.1, -0.05) is 30.3 Å². The zero-order valence-electron chi connectivity index (χ0n) is 12.0. The number of nitrogen functional groups attached to an aromatic ring is 1. The minimum Gasteiger partial charge on any atom is -0.471 e. The Balaban J connectivity index is 2.03. The van der Waals surface area contributed by atoms with Crippen molar-refractivity contribution in [2.24, 2.45) is 7.05 Å². The van der Waals surface area contributed by atoms with E-state index in [2.05, 4.69) is 15.0 Å². The number of nitrogens with zero attached hydrogens (tertiary/aromatic N) is 4. The molecule has 2 N–H and O–H groups in total. The molecule has 1 aromatic carbocycles. The molecule has 0 radical (unpaired) electrons. The fourth-order valence-electron chi connectivity index (χ4n) is 2.13. The number of nitrogens with two attached hydrogens (primary N) is 1. The van der Waals surface area contributed by atoms with Crippen LogP contribution in [0.25, 0.3) is 11.2 Å². The number of benzene rings is 1. The molecule has 0 aliphatic rings. The Hall–Kier alpha value is -2.84. The van der Waals surface area contributed by atoms with Crippen LogP contribution in [-0.4, -0.2) is 19.5 Å². The van der Waals surface area contributed by atoms with Crippen LogP contribution < -0.4 is 10.5 Å². The summed E-state index contributed by atoms with van der Waals surface area (Å²) < 4.78 is 45.2. The van der Waals surface area contributed by atoms with Gasteiger partial charge in [0.2, 0.25) is 17.7 Å². The van der Waals surface area contributed by atoms with Crippen LogP contribution in [0, 0.1) is 0 Å². The van der Waals surface area contributed by atoms with E-state index in [1.807, 2.05) is 30.3 Å². The first-order valence-corrected chi connectivity index (χ1v) is 6.60. The predicted octanol–water partition coefficient (Wildman–Crippen LogP) is 2.54. The highest BCUT2D eigenvalue weighted by Gasteiger charge is 2.37. The topological polar surface area (TPSA) is 78.8 Å². The maximum Gasteiger partial charge on any atom is 0.449 e. The summed E-state index contributed by atoms with van der Waals surface area (Å²) in [7, 11) is 1.21. The number of anilines is 1. The highest BCUT2D eigenvalue weighted by molar-refractivity contribution is 5.78. The molecule has 0 aliphatic carbocycles. The van der Waals surface area contributed by atoms with E-state index in [9.17, 15) is 13.2 Å². The van der Waals surface area contributed by atoms with Crippen LogP contribution in [0.15, 0.2) is 30.3 Å². The molecule has 0 bridgehead atoms. The summed E-state index contributed by atoms with van der Waals surface area (Å²) in [4.78, 5) is 11.2. The first kappa shape index (κ1) is 15.1. The van der Waals surface area contributed by atoms with Crippen molar-refractivity contribution < 1.29 is 17.9 Å². The van der Waals surface area contributed by atoms with Gasteiger partial charge in [0.1, 0.15) is 6.61 Å². The van der Waals surface area contributed by atoms with Gasteiger partial charge in [-0.05, 0) is 5.56 Å². The third-order valence-corrected chi connectivity index (χ3v) is 3.18. The molecule has 0 saturated carbocycles. The third-order valence-electron chi connectivity index (χ3n) is 3.18. The third kappa shape index (κ3) is 2.89. The summed E-state index contributed by atoms with van der Waals surface area (Å²) in [5, 5.41) is 0. The van der Waals surface area contributed by atoms with E-state index in [1.54, 1.807) is 0 Å². The molecule has 3 aromatic rings. The summed E-state index contributed by atoms with van der Waals surface area (Å²) in [6.07, 6.45) is -4.61. The van der Waals surface area contributed by atoms with Gasteiger partial charge in [0.15, 0.2) is 11.2 Å². The fraction of sp³-hybridized carbons (Fsp3) is 0.214. The van der Waals surface area contributed by atoms with Gasteiger partial charge in [-0.2, -0.15) is 23.1 Å². The minimum absolute atomic E-state index is 0.0344. The Morgan fingerprint density at radius 3 is 2.48 bits per heavy atom. The number of hydrogen-bond acceptors (Lipinski definition) is 5. The van der Waals surface area contributed by atoms with Gasteiger partial charge < -0.3 is 15.0 Å². The standard InChI is InChI=1S/C14H12F3N5O/c1-22-10-9(19-12(22)14(15,16)17)11(21-13(18)20-10)23-7-8-5-3-2-4-6-8/h2-6H,7H2,1H3,(H2,18,20,21). The average molecular weight is 323 g/mol. The van der Waals surface area contributed by atoms with Gasteiger partial charge in [0.05, 0.1) is 0 Å². The van der Waals surface area contributed by atoms with Crippen LogP contribution in [0.5, 0.6) is 5.88 Å². The van der Waals surface area contributed by atoms with Crippen molar-refractivity contribution in [1.29, 1.82) is 0 Å². The Labute approximate surface area is 128 Å². The zero-order valence-corrected chi connectivity index (χ0v) is 12.0. The molecule has 3 rings (SSSR count). The lowest BCUT2D eigenvalue weighted by molar-refractivity contribution is -0.146. The van der Waals surface area contributed by atoms with Crippen molar-refractivity contribution in [3.05, 3.63) is 41.7 Å². The van der Waals surface area contributed by atoms with Crippen LogP contribution in [0.2, 0.25) is 0 Å². The molecule has 2 aromatic heterocycles. The van der Waals surface area contributed by atoms with E-state index in [0.717, 1.165) is 10.1 Å². The van der Waals surface area contributed by atoms with Crippen molar-refractivity contribution in [3.63, 3.8) is 0 Å². The minimum atomic E-state index is -4.61. The predicted molar refractivity (Wildman–Crippen MR) is 76.5 cm³/mol. The monoisotopic (exact) mass is 323 g/mol. The molecule has 6 nitrogen and oxygen atoms in total. The van der Waals surface area contributed by atoms with Crippen LogP contribution in [0.3, 0.4) is 0 Å². The van der Waals surface area contributed by atoms with Crippen LogP contribution in [0.4, 0.5) is 19.1 Å². The van der Waals surface area contributed by atoms with E-state index in [-0.39, 0.29) is 29.6 Å². The van der Waals surface area contributed by atoms with E-state index >= 15 is 0 Å². The first-order chi connectivity index (χ1) is 10.9. The smallest absolute Gasteiger partial charge is 0.449 e. The SMILES string of the molecule is Cn1c(C(F)(F)F)nc2c(OCc3ccccc3)nc(N)nc21. The maximum atomic E-state index is 13.0. The number of aryl methyl sites for hydroxylation is 1. The molecule has 0 saturated heterocycles. The van der Waals surface area contributed by atoms with Gasteiger partial charge in [-0.25, -0.2) is 4.98 Å². The lowest BCUT2D eigenvalue weighted by Gasteiger charge is -2.06. The number of halogens is 3. The van der Waals surface area contributed by atoms with Gasteiger partial charge >= 0.3 is 6.18 Å². The number of alkyl halides is 3. The Kier molecular flexibility index (Phi) is 3.55. The summed E-state index contributed by atoms with van der Waals surface area (Å²) in [5.74, 6) is -1.35. The van der Waals surface area contributed by atoms with Crippen molar-refractivity contribution >= 4 is 17.1 Å². The maximum absolute atomic E-state index is 13.0. The van der Waals surface area contributed by atoms with Crippen molar-refractivity contribution in [1.82, 2.24) is 19.5 Å². The quantitative estimate of drug-likeness (QED) is 0.801. The Morgan fingerprint density at radius 1 is 1.13 bits per heavy atom. The highest BCUT2D eigenvalue weighted by atomic mass is 19.4. The zero-order chi connectivity index (χ0) is 16.6. The van der Waals surface area contributed by atoms with Crippen LogP contribution in [-0.2, 0) is 19.8 Å². The molecule has 2 heterocycles. The second kappa shape index (κ2) is 5.41. The number of ether oxygens (including phenoxy) is 1. The lowest BCUT2D eigenvalue weighted by atomic mass is 10.2. The van der Waals surface area contributed by atoms with Gasteiger partial charge in [-0.3, -0.25) is 0 Å². The molecule has 0 spiro atoms. The molecule has 23 heavy (non-hydrogen) atoms. The number of rotatable bonds is 3. The van der Waals surface area contributed by atoms with Crippen molar-refractivity contribution in [2.75, 3.05) is 5.73 Å². The molecular weight excluding hydrogens is 311 g/mol. The van der Waals surface area contributed by atoms with Crippen LogP contribution in [0.1, 0.15) is 11.4 Å². The molecule has 0 fully saturated rings. The highest BCUT2D eigenvalue weighted by Crippen LogP contribution is 2.32. The molecular formula is C14H12F3N5O. The Morgan fingerprint density at radius 2 is 1.83 bits per heavy atom. The van der Waals surface area contributed by atoms with E-state index in [0.29, 0.717) is 0 Å². The van der Waals surface area contributed by atoms with Gasteiger partial charge in [-0.15, -0.1) is 0 Å². The average Bonchev–Trinajstić information content (AvgIpc) is 2.83. The van der Waals surface area contributed by atoms with Crippen molar-refractivity contribution in [2.45, 2.75) is 12.8 Å². The largest absolute Gasteiger partial charge is 0.471 e. The van der Waals surface area contributed by atoms with E-state index in [1.165, 1.54) is 7.05 Å². The molecule has 120 valence electrons. The Bertz CT molecular complexity index is 845. The molecule has 0 amide bonds.